The van der Waals surface area contributed by atoms with Crippen molar-refractivity contribution in [1.29, 1.82) is 0 Å². The fraction of sp³-hybridized carbons (Fsp3) is 0.400. The first-order valence-electron chi connectivity index (χ1n) is 6.58. The van der Waals surface area contributed by atoms with Crippen LogP contribution in [0.2, 0.25) is 0 Å². The molecule has 0 bridgehead atoms. The SMILES string of the molecule is CCc1nc(-c2ccc(C)cc2Br)c(N)n1C(C)C. The average molecular weight is 322 g/mol. The predicted octanol–water partition coefficient (Wildman–Crippen LogP) is 4.35. The number of hydrogen-bond donors (Lipinski definition) is 1. The van der Waals surface area contributed by atoms with Crippen LogP contribution in [-0.4, -0.2) is 9.55 Å². The van der Waals surface area contributed by atoms with E-state index in [2.05, 4.69) is 66.4 Å². The van der Waals surface area contributed by atoms with Gasteiger partial charge in [-0.05, 0) is 32.4 Å². The molecule has 0 unspecified atom stereocenters. The van der Waals surface area contributed by atoms with E-state index in [-0.39, 0.29) is 0 Å². The molecule has 0 amide bonds. The largest absolute Gasteiger partial charge is 0.383 e. The van der Waals surface area contributed by atoms with Gasteiger partial charge in [0.1, 0.15) is 17.3 Å². The normalized spacial score (nSPS) is 11.3. The molecule has 0 saturated carbocycles. The summed E-state index contributed by atoms with van der Waals surface area (Å²) in [4.78, 5) is 4.72. The number of anilines is 1. The number of benzene rings is 1. The number of nitrogens with two attached hydrogens (primary N) is 1. The highest BCUT2D eigenvalue weighted by molar-refractivity contribution is 9.10. The van der Waals surface area contributed by atoms with Gasteiger partial charge in [0.2, 0.25) is 0 Å². The van der Waals surface area contributed by atoms with Crippen molar-refractivity contribution in [3.8, 4) is 11.3 Å². The summed E-state index contributed by atoms with van der Waals surface area (Å²) in [6, 6.07) is 6.57. The summed E-state index contributed by atoms with van der Waals surface area (Å²) in [5, 5.41) is 0. The average Bonchev–Trinajstić information content (AvgIpc) is 2.66. The van der Waals surface area contributed by atoms with Crippen LogP contribution >= 0.6 is 15.9 Å². The zero-order valence-electron chi connectivity index (χ0n) is 11.9. The van der Waals surface area contributed by atoms with Gasteiger partial charge in [-0.15, -0.1) is 0 Å². The summed E-state index contributed by atoms with van der Waals surface area (Å²) >= 11 is 3.61. The summed E-state index contributed by atoms with van der Waals surface area (Å²) in [5.74, 6) is 1.78. The highest BCUT2D eigenvalue weighted by Crippen LogP contribution is 2.34. The maximum absolute atomic E-state index is 6.30. The number of imidazole rings is 1. The van der Waals surface area contributed by atoms with Gasteiger partial charge in [0.15, 0.2) is 0 Å². The molecule has 0 aliphatic rings. The van der Waals surface area contributed by atoms with Crippen molar-refractivity contribution >= 4 is 21.7 Å². The first-order chi connectivity index (χ1) is 8.95. The van der Waals surface area contributed by atoms with Gasteiger partial charge in [-0.1, -0.05) is 35.0 Å². The lowest BCUT2D eigenvalue weighted by Gasteiger charge is -2.12. The molecule has 0 saturated heterocycles. The van der Waals surface area contributed by atoms with Gasteiger partial charge in [-0.3, -0.25) is 0 Å². The standard InChI is InChI=1S/C15H20BrN3/c1-5-13-18-14(15(17)19(13)9(2)3)11-7-6-10(4)8-12(11)16/h6-9H,5,17H2,1-4H3. The van der Waals surface area contributed by atoms with Crippen LogP contribution in [0.5, 0.6) is 0 Å². The minimum atomic E-state index is 0.320. The molecule has 1 heterocycles. The number of hydrogen-bond acceptors (Lipinski definition) is 2. The maximum Gasteiger partial charge on any atom is 0.132 e. The number of aromatic nitrogens is 2. The molecule has 4 heteroatoms. The van der Waals surface area contributed by atoms with Crippen LogP contribution < -0.4 is 5.73 Å². The summed E-state index contributed by atoms with van der Waals surface area (Å²) in [6.45, 7) is 8.44. The molecular formula is C15H20BrN3. The second-order valence-electron chi connectivity index (χ2n) is 5.06. The van der Waals surface area contributed by atoms with E-state index in [0.717, 1.165) is 33.8 Å². The Hall–Kier alpha value is -1.29. The number of nitrogens with zero attached hydrogens (tertiary/aromatic N) is 2. The molecule has 2 N–H and O–H groups in total. The zero-order chi connectivity index (χ0) is 14.2. The van der Waals surface area contributed by atoms with Crippen LogP contribution in [0.25, 0.3) is 11.3 Å². The van der Waals surface area contributed by atoms with Crippen molar-refractivity contribution in [1.82, 2.24) is 9.55 Å². The second-order valence-corrected chi connectivity index (χ2v) is 5.92. The van der Waals surface area contributed by atoms with E-state index in [1.807, 2.05) is 0 Å². The molecule has 0 aliphatic heterocycles. The van der Waals surface area contributed by atoms with Crippen LogP contribution in [0.1, 0.15) is 38.2 Å². The van der Waals surface area contributed by atoms with Crippen molar-refractivity contribution in [3.05, 3.63) is 34.1 Å². The van der Waals surface area contributed by atoms with E-state index in [4.69, 9.17) is 10.7 Å². The number of aryl methyl sites for hydroxylation is 2. The molecule has 0 aliphatic carbocycles. The molecule has 19 heavy (non-hydrogen) atoms. The Bertz CT molecular complexity index is 600. The van der Waals surface area contributed by atoms with E-state index >= 15 is 0 Å². The van der Waals surface area contributed by atoms with Gasteiger partial charge in [0.05, 0.1) is 0 Å². The lowest BCUT2D eigenvalue weighted by Crippen LogP contribution is -2.08. The molecule has 0 atom stereocenters. The minimum Gasteiger partial charge on any atom is -0.383 e. The van der Waals surface area contributed by atoms with E-state index < -0.39 is 0 Å². The van der Waals surface area contributed by atoms with Gasteiger partial charge in [-0.25, -0.2) is 4.98 Å². The van der Waals surface area contributed by atoms with Crippen LogP contribution in [0.4, 0.5) is 5.82 Å². The fourth-order valence-corrected chi connectivity index (χ4v) is 3.01. The fourth-order valence-electron chi connectivity index (χ4n) is 2.33. The van der Waals surface area contributed by atoms with Gasteiger partial charge in [0.25, 0.3) is 0 Å². The smallest absolute Gasteiger partial charge is 0.132 e. The topological polar surface area (TPSA) is 43.8 Å². The Morgan fingerprint density at radius 1 is 1.37 bits per heavy atom. The Kier molecular flexibility index (Phi) is 3.99. The third-order valence-corrected chi connectivity index (χ3v) is 3.89. The van der Waals surface area contributed by atoms with Crippen molar-refractivity contribution in [2.45, 2.75) is 40.2 Å². The van der Waals surface area contributed by atoms with Crippen molar-refractivity contribution < 1.29 is 0 Å². The first-order valence-corrected chi connectivity index (χ1v) is 7.38. The van der Waals surface area contributed by atoms with Crippen molar-refractivity contribution in [2.75, 3.05) is 5.73 Å². The molecule has 0 radical (unpaired) electrons. The summed E-state index contributed by atoms with van der Waals surface area (Å²) in [7, 11) is 0. The molecule has 0 fully saturated rings. The molecule has 3 nitrogen and oxygen atoms in total. The minimum absolute atomic E-state index is 0.320. The van der Waals surface area contributed by atoms with Crippen LogP contribution in [0.3, 0.4) is 0 Å². The molecule has 102 valence electrons. The van der Waals surface area contributed by atoms with Gasteiger partial charge in [0, 0.05) is 22.5 Å². The molecule has 1 aromatic carbocycles. The van der Waals surface area contributed by atoms with E-state index in [0.29, 0.717) is 6.04 Å². The lowest BCUT2D eigenvalue weighted by atomic mass is 10.1. The number of nitrogen functional groups attached to an aromatic ring is 1. The Morgan fingerprint density at radius 2 is 2.05 bits per heavy atom. The third-order valence-electron chi connectivity index (χ3n) is 3.23. The Morgan fingerprint density at radius 3 is 2.53 bits per heavy atom. The zero-order valence-corrected chi connectivity index (χ0v) is 13.5. The highest BCUT2D eigenvalue weighted by Gasteiger charge is 2.18. The second kappa shape index (κ2) is 5.37. The van der Waals surface area contributed by atoms with Gasteiger partial charge < -0.3 is 10.3 Å². The van der Waals surface area contributed by atoms with Gasteiger partial charge >= 0.3 is 0 Å². The maximum atomic E-state index is 6.30. The summed E-state index contributed by atoms with van der Waals surface area (Å²) in [6.07, 6.45) is 0.881. The van der Waals surface area contributed by atoms with Crippen molar-refractivity contribution in [3.63, 3.8) is 0 Å². The highest BCUT2D eigenvalue weighted by atomic mass is 79.9. The number of halogens is 1. The number of rotatable bonds is 3. The van der Waals surface area contributed by atoms with Crippen molar-refractivity contribution in [2.24, 2.45) is 0 Å². The Labute approximate surface area is 123 Å². The molecular weight excluding hydrogens is 302 g/mol. The van der Waals surface area contributed by atoms with E-state index in [1.54, 1.807) is 0 Å². The molecule has 2 rings (SSSR count). The lowest BCUT2D eigenvalue weighted by molar-refractivity contribution is 0.579. The first kappa shape index (κ1) is 14.1. The Balaban J connectivity index is 2.63. The predicted molar refractivity (Wildman–Crippen MR) is 84.3 cm³/mol. The quantitative estimate of drug-likeness (QED) is 0.913. The van der Waals surface area contributed by atoms with Gasteiger partial charge in [-0.2, -0.15) is 0 Å². The summed E-state index contributed by atoms with van der Waals surface area (Å²) in [5.41, 5.74) is 9.44. The van der Waals surface area contributed by atoms with Crippen LogP contribution in [-0.2, 0) is 6.42 Å². The molecule has 0 spiro atoms. The summed E-state index contributed by atoms with van der Waals surface area (Å²) < 4.78 is 3.15. The third kappa shape index (κ3) is 2.54. The van der Waals surface area contributed by atoms with E-state index in [9.17, 15) is 0 Å². The van der Waals surface area contributed by atoms with Crippen LogP contribution in [0.15, 0.2) is 22.7 Å². The van der Waals surface area contributed by atoms with Crippen LogP contribution in [0, 0.1) is 6.92 Å². The monoisotopic (exact) mass is 321 g/mol. The molecule has 1 aromatic heterocycles. The van der Waals surface area contributed by atoms with E-state index in [1.165, 1.54) is 5.56 Å². The molecule has 2 aromatic rings.